The van der Waals surface area contributed by atoms with Crippen LogP contribution in [0, 0.1) is 0 Å². The van der Waals surface area contributed by atoms with Crippen molar-refractivity contribution in [3.05, 3.63) is 64.1 Å². The first kappa shape index (κ1) is 11.9. The molecule has 2 aromatic rings. The lowest BCUT2D eigenvalue weighted by Gasteiger charge is -2.04. The quantitative estimate of drug-likeness (QED) is 0.695. The van der Waals surface area contributed by atoms with Gasteiger partial charge in [-0.3, -0.25) is 4.79 Å². The van der Waals surface area contributed by atoms with E-state index in [-0.39, 0.29) is 5.78 Å². The molecule has 0 unspecified atom stereocenters. The van der Waals surface area contributed by atoms with E-state index in [1.54, 1.807) is 24.3 Å². The van der Waals surface area contributed by atoms with Crippen LogP contribution in [0.1, 0.15) is 15.9 Å². The highest BCUT2D eigenvalue weighted by Gasteiger charge is 2.09. The second kappa shape index (κ2) is 5.15. The fraction of sp³-hybridized carbons (Fsp3) is 0.0714. The van der Waals surface area contributed by atoms with E-state index >= 15 is 0 Å². The molecule has 0 radical (unpaired) electrons. The predicted octanol–water partition coefficient (Wildman–Crippen LogP) is 3.46. The maximum absolute atomic E-state index is 12.0. The molecule has 2 aromatic carbocycles. The summed E-state index contributed by atoms with van der Waals surface area (Å²) in [6.45, 7) is 0. The van der Waals surface area contributed by atoms with E-state index in [9.17, 15) is 4.79 Å². The molecule has 2 nitrogen and oxygen atoms in total. The van der Waals surface area contributed by atoms with Gasteiger partial charge in [0.1, 0.15) is 0 Å². The third-order valence-electron chi connectivity index (χ3n) is 2.52. The van der Waals surface area contributed by atoms with Gasteiger partial charge in [-0.15, -0.1) is 0 Å². The number of benzene rings is 2. The molecule has 2 N–H and O–H groups in total. The van der Waals surface area contributed by atoms with Crippen LogP contribution in [0.2, 0.25) is 0 Å². The zero-order chi connectivity index (χ0) is 12.3. The van der Waals surface area contributed by atoms with Gasteiger partial charge in [-0.05, 0) is 23.8 Å². The molecule has 86 valence electrons. The van der Waals surface area contributed by atoms with Crippen LogP contribution in [0.25, 0.3) is 0 Å². The molecule has 2 rings (SSSR count). The Kier molecular flexibility index (Phi) is 3.59. The third-order valence-corrected chi connectivity index (χ3v) is 3.29. The smallest absolute Gasteiger partial charge is 0.167 e. The molecule has 0 saturated carbocycles. The lowest BCUT2D eigenvalue weighted by molar-refractivity contribution is 0.0993. The molecule has 0 aromatic heterocycles. The van der Waals surface area contributed by atoms with Gasteiger partial charge < -0.3 is 5.73 Å². The molecule has 17 heavy (non-hydrogen) atoms. The number of hydrogen-bond acceptors (Lipinski definition) is 2. The van der Waals surface area contributed by atoms with Gasteiger partial charge in [0.25, 0.3) is 0 Å². The van der Waals surface area contributed by atoms with Crippen LogP contribution in [0.5, 0.6) is 0 Å². The van der Waals surface area contributed by atoms with E-state index in [2.05, 4.69) is 15.9 Å². The number of halogens is 1. The minimum Gasteiger partial charge on any atom is -0.399 e. The van der Waals surface area contributed by atoms with E-state index in [0.717, 1.165) is 10.0 Å². The lowest BCUT2D eigenvalue weighted by Crippen LogP contribution is -2.04. The second-order valence-corrected chi connectivity index (χ2v) is 4.67. The zero-order valence-corrected chi connectivity index (χ0v) is 10.8. The number of rotatable bonds is 3. The number of carbonyl (C=O) groups is 1. The van der Waals surface area contributed by atoms with E-state index in [4.69, 9.17) is 5.73 Å². The van der Waals surface area contributed by atoms with Crippen molar-refractivity contribution in [1.29, 1.82) is 0 Å². The van der Waals surface area contributed by atoms with Crippen molar-refractivity contribution in [1.82, 2.24) is 0 Å². The summed E-state index contributed by atoms with van der Waals surface area (Å²) >= 11 is 3.43. The topological polar surface area (TPSA) is 43.1 Å². The SMILES string of the molecule is Nc1cccc(C(=O)Cc2ccccc2Br)c1. The lowest BCUT2D eigenvalue weighted by atomic mass is 10.0. The highest BCUT2D eigenvalue weighted by Crippen LogP contribution is 2.18. The first-order valence-electron chi connectivity index (χ1n) is 5.29. The molecular weight excluding hydrogens is 278 g/mol. The van der Waals surface area contributed by atoms with E-state index < -0.39 is 0 Å². The average molecular weight is 290 g/mol. The Hall–Kier alpha value is -1.61. The van der Waals surface area contributed by atoms with Crippen molar-refractivity contribution >= 4 is 27.4 Å². The molecule has 0 atom stereocenters. The molecule has 3 heteroatoms. The fourth-order valence-electron chi connectivity index (χ4n) is 1.63. The van der Waals surface area contributed by atoms with Crippen LogP contribution in [0.15, 0.2) is 53.0 Å². The van der Waals surface area contributed by atoms with E-state index in [1.807, 2.05) is 24.3 Å². The molecule has 0 amide bonds. The van der Waals surface area contributed by atoms with Crippen molar-refractivity contribution < 1.29 is 4.79 Å². The van der Waals surface area contributed by atoms with Crippen LogP contribution >= 0.6 is 15.9 Å². The maximum Gasteiger partial charge on any atom is 0.167 e. The summed E-state index contributed by atoms with van der Waals surface area (Å²) in [5, 5.41) is 0. The molecule has 0 bridgehead atoms. The Morgan fingerprint density at radius 3 is 2.59 bits per heavy atom. The Labute approximate surface area is 109 Å². The molecule has 0 fully saturated rings. The minimum absolute atomic E-state index is 0.0733. The van der Waals surface area contributed by atoms with Gasteiger partial charge in [0, 0.05) is 22.1 Å². The largest absolute Gasteiger partial charge is 0.399 e. The average Bonchev–Trinajstić information content (AvgIpc) is 2.32. The molecule has 0 heterocycles. The molecule has 0 saturated heterocycles. The van der Waals surface area contributed by atoms with Gasteiger partial charge in [-0.1, -0.05) is 46.3 Å². The van der Waals surface area contributed by atoms with Crippen molar-refractivity contribution in [3.63, 3.8) is 0 Å². The predicted molar refractivity (Wildman–Crippen MR) is 73.0 cm³/mol. The number of nitrogens with two attached hydrogens (primary N) is 1. The normalized spacial score (nSPS) is 10.2. The van der Waals surface area contributed by atoms with Crippen molar-refractivity contribution in [2.75, 3.05) is 5.73 Å². The van der Waals surface area contributed by atoms with Crippen LogP contribution in [-0.4, -0.2) is 5.78 Å². The summed E-state index contributed by atoms with van der Waals surface area (Å²) in [4.78, 5) is 12.0. The Morgan fingerprint density at radius 2 is 1.88 bits per heavy atom. The van der Waals surface area contributed by atoms with Crippen molar-refractivity contribution in [3.8, 4) is 0 Å². The molecule has 0 aliphatic rings. The summed E-state index contributed by atoms with van der Waals surface area (Å²) in [6, 6.07) is 14.8. The van der Waals surface area contributed by atoms with Gasteiger partial charge in [0.05, 0.1) is 0 Å². The number of anilines is 1. The number of hydrogen-bond donors (Lipinski definition) is 1. The van der Waals surface area contributed by atoms with Gasteiger partial charge in [0.2, 0.25) is 0 Å². The standard InChI is InChI=1S/C14H12BrNO/c15-13-7-2-1-4-10(13)9-14(17)11-5-3-6-12(16)8-11/h1-8H,9,16H2. The van der Waals surface area contributed by atoms with Crippen LogP contribution in [0.4, 0.5) is 5.69 Å². The van der Waals surface area contributed by atoms with Crippen LogP contribution in [-0.2, 0) is 6.42 Å². The number of ketones is 1. The fourth-order valence-corrected chi connectivity index (χ4v) is 2.05. The van der Waals surface area contributed by atoms with E-state index in [0.29, 0.717) is 17.7 Å². The molecule has 0 aliphatic carbocycles. The van der Waals surface area contributed by atoms with Gasteiger partial charge in [-0.25, -0.2) is 0 Å². The first-order valence-corrected chi connectivity index (χ1v) is 6.08. The molecule has 0 aliphatic heterocycles. The number of carbonyl (C=O) groups excluding carboxylic acids is 1. The summed E-state index contributed by atoms with van der Waals surface area (Å²) in [5.74, 6) is 0.0733. The van der Waals surface area contributed by atoms with Crippen LogP contribution < -0.4 is 5.73 Å². The highest BCUT2D eigenvalue weighted by atomic mass is 79.9. The third kappa shape index (κ3) is 2.94. The van der Waals surface area contributed by atoms with Crippen molar-refractivity contribution in [2.24, 2.45) is 0 Å². The summed E-state index contributed by atoms with van der Waals surface area (Å²) in [7, 11) is 0. The minimum atomic E-state index is 0.0733. The number of Topliss-reactive ketones (excluding diaryl/α,β-unsaturated/α-hetero) is 1. The first-order chi connectivity index (χ1) is 8.16. The highest BCUT2D eigenvalue weighted by molar-refractivity contribution is 9.10. The zero-order valence-electron chi connectivity index (χ0n) is 9.19. The van der Waals surface area contributed by atoms with Crippen molar-refractivity contribution in [2.45, 2.75) is 6.42 Å². The van der Waals surface area contributed by atoms with Gasteiger partial charge in [0.15, 0.2) is 5.78 Å². The van der Waals surface area contributed by atoms with Gasteiger partial charge in [-0.2, -0.15) is 0 Å². The van der Waals surface area contributed by atoms with Gasteiger partial charge >= 0.3 is 0 Å². The maximum atomic E-state index is 12.0. The Balaban J connectivity index is 2.20. The summed E-state index contributed by atoms with van der Waals surface area (Å²) in [5.41, 5.74) is 7.91. The summed E-state index contributed by atoms with van der Waals surface area (Å²) < 4.78 is 0.956. The number of nitrogen functional groups attached to an aromatic ring is 1. The second-order valence-electron chi connectivity index (χ2n) is 3.82. The Bertz CT molecular complexity index is 551. The summed E-state index contributed by atoms with van der Waals surface area (Å²) in [6.07, 6.45) is 0.380. The van der Waals surface area contributed by atoms with Crippen LogP contribution in [0.3, 0.4) is 0 Å². The Morgan fingerprint density at radius 1 is 1.12 bits per heavy atom. The molecule has 0 spiro atoms. The van der Waals surface area contributed by atoms with E-state index in [1.165, 1.54) is 0 Å². The molecular formula is C14H12BrNO. The monoisotopic (exact) mass is 289 g/mol.